The second kappa shape index (κ2) is 15.3. The predicted molar refractivity (Wildman–Crippen MR) is 137 cm³/mol. The Morgan fingerprint density at radius 1 is 0.756 bits per heavy atom. The van der Waals surface area contributed by atoms with Crippen LogP contribution in [0.25, 0.3) is 0 Å². The SMILES string of the molecule is CO[C@@H]1O[C@H](COS(=O)(=O)O)[C@@H](O[C@@H]2O[C@H](CO)[C@H](O)[C@H](OS(=O)(=O)O)[C@H]2O)[C@H](O[C@@H]2O[C@@H](C)[C@@H](O)[C@@H](O)[C@@H]2O)[C@H]1NC(C)=O. The third-order valence-corrected chi connectivity index (χ3v) is 7.97. The Morgan fingerprint density at radius 2 is 1.33 bits per heavy atom. The topological polar surface area (TPSA) is 333 Å². The van der Waals surface area contributed by atoms with Gasteiger partial charge in [0.05, 0.1) is 19.3 Å². The van der Waals surface area contributed by atoms with Crippen LogP contribution in [0.3, 0.4) is 0 Å². The number of hydrogen-bond donors (Lipinski definition) is 9. The van der Waals surface area contributed by atoms with Crippen molar-refractivity contribution in [3.63, 3.8) is 0 Å². The lowest BCUT2D eigenvalue weighted by molar-refractivity contribution is -0.370. The first-order chi connectivity index (χ1) is 20.8. The van der Waals surface area contributed by atoms with Crippen molar-refractivity contribution in [1.29, 1.82) is 0 Å². The van der Waals surface area contributed by atoms with Gasteiger partial charge in [-0.3, -0.25) is 13.9 Å². The van der Waals surface area contributed by atoms with E-state index in [-0.39, 0.29) is 0 Å². The molecule has 9 N–H and O–H groups in total. The maximum absolute atomic E-state index is 12.2. The third-order valence-electron chi connectivity index (χ3n) is 7.08. The fraction of sp³-hybridized carbons (Fsp3) is 0.952. The molecule has 0 spiro atoms. The zero-order valence-corrected chi connectivity index (χ0v) is 25.4. The molecule has 45 heavy (non-hydrogen) atoms. The van der Waals surface area contributed by atoms with Crippen molar-refractivity contribution in [3.05, 3.63) is 0 Å². The number of carbonyl (C=O) groups is 1. The minimum Gasteiger partial charge on any atom is -0.394 e. The van der Waals surface area contributed by atoms with E-state index in [0.29, 0.717) is 0 Å². The summed E-state index contributed by atoms with van der Waals surface area (Å²) in [5.74, 6) is -0.724. The average molecular weight is 704 g/mol. The van der Waals surface area contributed by atoms with Gasteiger partial charge in [0.1, 0.15) is 67.1 Å². The fourth-order valence-corrected chi connectivity index (χ4v) is 5.78. The molecule has 0 aromatic carbocycles. The highest BCUT2D eigenvalue weighted by Crippen LogP contribution is 2.34. The van der Waals surface area contributed by atoms with Crippen LogP contribution in [0.2, 0.25) is 0 Å². The van der Waals surface area contributed by atoms with Crippen molar-refractivity contribution >= 4 is 26.7 Å². The fourth-order valence-electron chi connectivity index (χ4n) is 4.96. The Hall–Kier alpha value is -1.27. The molecular weight excluding hydrogens is 666 g/mol. The first-order valence-electron chi connectivity index (χ1n) is 13.1. The molecule has 24 heteroatoms. The van der Waals surface area contributed by atoms with Gasteiger partial charge in [-0.05, 0) is 6.92 Å². The predicted octanol–water partition coefficient (Wildman–Crippen LogP) is -6.09. The molecular formula is C21H37NO21S2. The van der Waals surface area contributed by atoms with Crippen molar-refractivity contribution in [3.8, 4) is 0 Å². The minimum absolute atomic E-state index is 0.724. The zero-order chi connectivity index (χ0) is 34.0. The number of ether oxygens (including phenoxy) is 6. The molecule has 22 nitrogen and oxygen atoms in total. The molecule has 3 heterocycles. The highest BCUT2D eigenvalue weighted by atomic mass is 32.3. The van der Waals surface area contributed by atoms with Gasteiger partial charge in [-0.15, -0.1) is 0 Å². The maximum atomic E-state index is 12.2. The molecule has 0 radical (unpaired) electrons. The zero-order valence-electron chi connectivity index (χ0n) is 23.8. The van der Waals surface area contributed by atoms with Gasteiger partial charge in [0, 0.05) is 14.0 Å². The van der Waals surface area contributed by atoms with Gasteiger partial charge in [-0.25, -0.2) is 8.37 Å². The number of methoxy groups -OCH3 is 1. The van der Waals surface area contributed by atoms with E-state index in [0.717, 1.165) is 14.0 Å². The number of hydrogen-bond acceptors (Lipinski definition) is 19. The van der Waals surface area contributed by atoms with E-state index in [1.165, 1.54) is 6.92 Å². The molecule has 3 rings (SSSR count). The lowest BCUT2D eigenvalue weighted by Crippen LogP contribution is -2.70. The molecule has 264 valence electrons. The van der Waals surface area contributed by atoms with Crippen molar-refractivity contribution < 1.29 is 98.2 Å². The Bertz CT molecular complexity index is 1200. The van der Waals surface area contributed by atoms with Gasteiger partial charge in [0.15, 0.2) is 18.9 Å². The summed E-state index contributed by atoms with van der Waals surface area (Å²) in [6.07, 6.45) is -25.5. The van der Waals surface area contributed by atoms with Crippen molar-refractivity contribution in [2.24, 2.45) is 0 Å². The summed E-state index contributed by atoms with van der Waals surface area (Å²) in [6, 6.07) is -1.46. The van der Waals surface area contributed by atoms with Crippen molar-refractivity contribution in [2.45, 2.75) is 106 Å². The molecule has 0 bridgehead atoms. The standard InChI is InChI=1S/C21H37NO21S2/c1-6-11(25)13(27)14(28)20(38-6)42-17-10(22-7(2)24)19(36-3)40-9(5-37-44(30,31)32)16(17)41-21-15(29)18(43-45(33,34)35)12(26)8(4-23)39-21/h6,8-21,23,25-29H,4-5H2,1-3H3,(H,22,24)(H,30,31,32)(H,33,34,35)/t6-,8+,9+,10+,11+,12-,13+,14-,15+,16+,17+,18-,19+,20-,21-/m0/s1. The Labute approximate surface area is 256 Å². The van der Waals surface area contributed by atoms with E-state index in [1.807, 2.05) is 0 Å². The normalized spacial score (nSPS) is 43.1. The van der Waals surface area contributed by atoms with Crippen LogP contribution in [0.15, 0.2) is 0 Å². The third kappa shape index (κ3) is 9.64. The number of rotatable bonds is 12. The van der Waals surface area contributed by atoms with Gasteiger partial charge < -0.3 is 64.4 Å². The molecule has 3 aliphatic heterocycles. The van der Waals surface area contributed by atoms with Gasteiger partial charge in [-0.2, -0.15) is 16.8 Å². The number of amides is 1. The van der Waals surface area contributed by atoms with Gasteiger partial charge >= 0.3 is 20.8 Å². The van der Waals surface area contributed by atoms with Crippen LogP contribution >= 0.6 is 0 Å². The molecule has 3 fully saturated rings. The molecule has 15 atom stereocenters. The minimum atomic E-state index is -5.33. The van der Waals surface area contributed by atoms with Crippen LogP contribution in [0.4, 0.5) is 0 Å². The number of nitrogens with one attached hydrogen (secondary N) is 1. The molecule has 0 unspecified atom stereocenters. The van der Waals surface area contributed by atoms with Crippen LogP contribution in [-0.2, 0) is 62.4 Å². The molecule has 0 aromatic heterocycles. The van der Waals surface area contributed by atoms with Crippen LogP contribution in [0.1, 0.15) is 13.8 Å². The van der Waals surface area contributed by atoms with Gasteiger partial charge in [0.25, 0.3) is 0 Å². The maximum Gasteiger partial charge on any atom is 0.397 e. The Kier molecular flexibility index (Phi) is 13.0. The summed E-state index contributed by atoms with van der Waals surface area (Å²) in [5.41, 5.74) is 0. The molecule has 1 amide bonds. The van der Waals surface area contributed by atoms with E-state index in [2.05, 4.69) is 13.7 Å². The first kappa shape index (κ1) is 38.2. The lowest BCUT2D eigenvalue weighted by Gasteiger charge is -2.50. The Balaban J connectivity index is 2.08. The number of carbonyl (C=O) groups excluding carboxylic acids is 1. The quantitative estimate of drug-likeness (QED) is 0.0854. The molecule has 3 saturated heterocycles. The first-order valence-corrected chi connectivity index (χ1v) is 15.9. The highest BCUT2D eigenvalue weighted by Gasteiger charge is 2.55. The van der Waals surface area contributed by atoms with E-state index in [9.17, 15) is 56.8 Å². The summed E-state index contributed by atoms with van der Waals surface area (Å²) in [4.78, 5) is 12.2. The summed E-state index contributed by atoms with van der Waals surface area (Å²) < 4.78 is 106. The van der Waals surface area contributed by atoms with Crippen molar-refractivity contribution in [1.82, 2.24) is 5.32 Å². The van der Waals surface area contributed by atoms with Crippen LogP contribution in [0, 0.1) is 0 Å². The summed E-state index contributed by atoms with van der Waals surface area (Å²) in [6.45, 7) is 0.291. The number of aliphatic hydroxyl groups excluding tert-OH is 6. The Morgan fingerprint density at radius 3 is 1.87 bits per heavy atom. The summed E-state index contributed by atoms with van der Waals surface area (Å²) in [5, 5.41) is 64.3. The molecule has 0 aliphatic carbocycles. The lowest BCUT2D eigenvalue weighted by atomic mass is 9.94. The number of aliphatic hydroxyl groups is 6. The monoisotopic (exact) mass is 703 g/mol. The van der Waals surface area contributed by atoms with Gasteiger partial charge in [0.2, 0.25) is 5.91 Å². The van der Waals surface area contributed by atoms with E-state index < -0.39 is 132 Å². The average Bonchev–Trinajstić information content (AvgIpc) is 2.93. The summed E-state index contributed by atoms with van der Waals surface area (Å²) >= 11 is 0. The van der Waals surface area contributed by atoms with E-state index in [1.54, 1.807) is 0 Å². The molecule has 0 aromatic rings. The highest BCUT2D eigenvalue weighted by molar-refractivity contribution is 7.81. The van der Waals surface area contributed by atoms with E-state index >= 15 is 0 Å². The van der Waals surface area contributed by atoms with Crippen LogP contribution in [0.5, 0.6) is 0 Å². The second-order valence-corrected chi connectivity index (χ2v) is 12.4. The summed E-state index contributed by atoms with van der Waals surface area (Å²) in [7, 11) is -9.37. The second-order valence-electron chi connectivity index (χ2n) is 10.3. The van der Waals surface area contributed by atoms with Crippen molar-refractivity contribution in [2.75, 3.05) is 20.3 Å². The van der Waals surface area contributed by atoms with E-state index in [4.69, 9.17) is 33.0 Å². The van der Waals surface area contributed by atoms with Gasteiger partial charge in [-0.1, -0.05) is 0 Å². The molecule has 3 aliphatic rings. The largest absolute Gasteiger partial charge is 0.397 e. The van der Waals surface area contributed by atoms with Crippen LogP contribution in [-0.4, -0.2) is 175 Å². The smallest absolute Gasteiger partial charge is 0.394 e. The van der Waals surface area contributed by atoms with Crippen LogP contribution < -0.4 is 5.32 Å². The molecule has 0 saturated carbocycles.